The van der Waals surface area contributed by atoms with Crippen LogP contribution in [0.25, 0.3) is 10.8 Å². The number of rotatable bonds is 2. The zero-order valence-electron chi connectivity index (χ0n) is 15.0. The molecule has 128 valence electrons. The number of carbonyl (C=O) groups excluding carboxylic acids is 1. The van der Waals surface area contributed by atoms with Gasteiger partial charge in [-0.3, -0.25) is 4.79 Å². The summed E-state index contributed by atoms with van der Waals surface area (Å²) < 4.78 is 0.895. The van der Waals surface area contributed by atoms with E-state index in [0.717, 1.165) is 26.5 Å². The Balaban J connectivity index is 1.92. The van der Waals surface area contributed by atoms with Gasteiger partial charge < -0.3 is 5.32 Å². The van der Waals surface area contributed by atoms with Crippen molar-refractivity contribution >= 4 is 38.3 Å². The van der Waals surface area contributed by atoms with E-state index in [1.165, 1.54) is 5.56 Å². The lowest BCUT2D eigenvalue weighted by Gasteiger charge is -2.20. The molecule has 0 bridgehead atoms. The Morgan fingerprint density at radius 2 is 1.72 bits per heavy atom. The number of halogens is 1. The van der Waals surface area contributed by atoms with Crippen LogP contribution in [0.3, 0.4) is 0 Å². The Bertz CT molecular complexity index is 954. The fourth-order valence-corrected chi connectivity index (χ4v) is 3.42. The van der Waals surface area contributed by atoms with Gasteiger partial charge in [0.1, 0.15) is 0 Å². The van der Waals surface area contributed by atoms with Gasteiger partial charge in [-0.25, -0.2) is 0 Å². The van der Waals surface area contributed by atoms with Gasteiger partial charge in [0.2, 0.25) is 0 Å². The lowest BCUT2D eigenvalue weighted by molar-refractivity contribution is 0.102. The average Bonchev–Trinajstić information content (AvgIpc) is 2.56. The van der Waals surface area contributed by atoms with Crippen LogP contribution in [0.5, 0.6) is 0 Å². The Morgan fingerprint density at radius 3 is 2.40 bits per heavy atom. The van der Waals surface area contributed by atoms with Crippen LogP contribution in [0.4, 0.5) is 5.69 Å². The molecule has 3 heteroatoms. The molecule has 0 radical (unpaired) electrons. The highest BCUT2D eigenvalue weighted by Crippen LogP contribution is 2.31. The minimum atomic E-state index is -0.0903. The maximum atomic E-state index is 12.8. The first-order valence-corrected chi connectivity index (χ1v) is 9.16. The number of amides is 1. The molecular formula is C22H22BrNO. The van der Waals surface area contributed by atoms with E-state index in [1.54, 1.807) is 0 Å². The number of carbonyl (C=O) groups is 1. The van der Waals surface area contributed by atoms with Gasteiger partial charge in [-0.2, -0.15) is 0 Å². The lowest BCUT2D eigenvalue weighted by Crippen LogP contribution is -2.15. The van der Waals surface area contributed by atoms with Gasteiger partial charge >= 0.3 is 0 Å². The van der Waals surface area contributed by atoms with Crippen LogP contribution in [0.2, 0.25) is 0 Å². The van der Waals surface area contributed by atoms with E-state index in [0.29, 0.717) is 5.56 Å². The number of fused-ring (bicyclic) bond motifs is 1. The summed E-state index contributed by atoms with van der Waals surface area (Å²) in [7, 11) is 0. The monoisotopic (exact) mass is 395 g/mol. The largest absolute Gasteiger partial charge is 0.321 e. The highest BCUT2D eigenvalue weighted by molar-refractivity contribution is 9.10. The summed E-state index contributed by atoms with van der Waals surface area (Å²) in [5.41, 5.74) is 3.77. The number of hydrogen-bond acceptors (Lipinski definition) is 1. The topological polar surface area (TPSA) is 29.1 Å². The molecule has 0 aliphatic rings. The molecule has 0 unspecified atom stereocenters. The van der Waals surface area contributed by atoms with E-state index >= 15 is 0 Å². The van der Waals surface area contributed by atoms with Crippen molar-refractivity contribution < 1.29 is 4.79 Å². The Morgan fingerprint density at radius 1 is 1.00 bits per heavy atom. The third-order valence-electron chi connectivity index (χ3n) is 4.53. The molecule has 0 fully saturated rings. The highest BCUT2D eigenvalue weighted by Gasteiger charge is 2.17. The van der Waals surface area contributed by atoms with Crippen LogP contribution in [0.15, 0.2) is 59.1 Å². The molecule has 0 atom stereocenters. The Kier molecular flexibility index (Phi) is 4.70. The molecule has 0 saturated carbocycles. The van der Waals surface area contributed by atoms with Crippen molar-refractivity contribution in [1.82, 2.24) is 0 Å². The van der Waals surface area contributed by atoms with E-state index in [9.17, 15) is 4.79 Å². The number of benzene rings is 3. The quantitative estimate of drug-likeness (QED) is 0.529. The molecule has 0 aliphatic carbocycles. The van der Waals surface area contributed by atoms with Crippen LogP contribution in [-0.4, -0.2) is 5.91 Å². The van der Waals surface area contributed by atoms with Crippen LogP contribution >= 0.6 is 15.9 Å². The van der Waals surface area contributed by atoms with E-state index in [4.69, 9.17) is 0 Å². The first-order valence-electron chi connectivity index (χ1n) is 8.37. The zero-order chi connectivity index (χ0) is 18.2. The SMILES string of the molecule is Cc1c(C(=O)Nc2ccc(C(C)(C)C)cc2Br)ccc2ccccc12. The van der Waals surface area contributed by atoms with Crippen LogP contribution in [0.1, 0.15) is 42.3 Å². The van der Waals surface area contributed by atoms with E-state index < -0.39 is 0 Å². The molecule has 0 aliphatic heterocycles. The Hall–Kier alpha value is -2.13. The molecule has 0 spiro atoms. The third kappa shape index (κ3) is 3.62. The molecule has 0 saturated heterocycles. The van der Waals surface area contributed by atoms with Crippen molar-refractivity contribution in [2.24, 2.45) is 0 Å². The molecule has 1 N–H and O–H groups in total. The number of nitrogens with one attached hydrogen (secondary N) is 1. The van der Waals surface area contributed by atoms with Gasteiger partial charge in [0.15, 0.2) is 0 Å². The summed E-state index contributed by atoms with van der Waals surface area (Å²) in [6, 6.07) is 18.1. The van der Waals surface area contributed by atoms with Crippen LogP contribution in [0, 0.1) is 6.92 Å². The minimum Gasteiger partial charge on any atom is -0.321 e. The van der Waals surface area contributed by atoms with E-state index in [-0.39, 0.29) is 11.3 Å². The first kappa shape index (κ1) is 17.7. The van der Waals surface area contributed by atoms with Gasteiger partial charge in [-0.15, -0.1) is 0 Å². The van der Waals surface area contributed by atoms with Gasteiger partial charge in [-0.1, -0.05) is 57.2 Å². The second-order valence-electron chi connectivity index (χ2n) is 7.36. The standard InChI is InChI=1S/C22H22BrNO/c1-14-17-8-6-5-7-15(17)9-11-18(14)21(25)24-20-12-10-16(13-19(20)23)22(2,3)4/h5-13H,1-4H3,(H,24,25). The first-order chi connectivity index (χ1) is 11.8. The fraction of sp³-hybridized carbons (Fsp3) is 0.227. The van der Waals surface area contributed by atoms with Gasteiger partial charge in [0.25, 0.3) is 5.91 Å². The minimum absolute atomic E-state index is 0.0694. The van der Waals surface area contributed by atoms with Crippen molar-refractivity contribution in [3.8, 4) is 0 Å². The van der Waals surface area contributed by atoms with Gasteiger partial charge in [-0.05, 0) is 68.4 Å². The second-order valence-corrected chi connectivity index (χ2v) is 8.21. The summed E-state index contributed by atoms with van der Waals surface area (Å²) in [5.74, 6) is -0.0903. The fourth-order valence-electron chi connectivity index (χ4n) is 2.95. The third-order valence-corrected chi connectivity index (χ3v) is 5.18. The predicted molar refractivity (Wildman–Crippen MR) is 109 cm³/mol. The number of anilines is 1. The molecule has 2 nitrogen and oxygen atoms in total. The van der Waals surface area contributed by atoms with Crippen molar-refractivity contribution in [2.45, 2.75) is 33.1 Å². The maximum absolute atomic E-state index is 12.8. The molecule has 3 aromatic carbocycles. The van der Waals surface area contributed by atoms with Gasteiger partial charge in [0, 0.05) is 10.0 Å². The molecule has 3 aromatic rings. The summed E-state index contributed by atoms with van der Waals surface area (Å²) in [6.45, 7) is 8.51. The average molecular weight is 396 g/mol. The maximum Gasteiger partial charge on any atom is 0.255 e. The second kappa shape index (κ2) is 6.64. The molecule has 0 heterocycles. The van der Waals surface area contributed by atoms with Crippen molar-refractivity contribution in [3.05, 3.63) is 75.8 Å². The van der Waals surface area contributed by atoms with Crippen LogP contribution in [-0.2, 0) is 5.41 Å². The smallest absolute Gasteiger partial charge is 0.255 e. The molecule has 0 aromatic heterocycles. The normalized spacial score (nSPS) is 11.6. The van der Waals surface area contributed by atoms with Crippen molar-refractivity contribution in [2.75, 3.05) is 5.32 Å². The van der Waals surface area contributed by atoms with Crippen molar-refractivity contribution in [3.63, 3.8) is 0 Å². The van der Waals surface area contributed by atoms with Gasteiger partial charge in [0.05, 0.1) is 5.69 Å². The molecular weight excluding hydrogens is 374 g/mol. The molecule has 1 amide bonds. The zero-order valence-corrected chi connectivity index (χ0v) is 16.6. The van der Waals surface area contributed by atoms with E-state index in [2.05, 4.69) is 66.3 Å². The lowest BCUT2D eigenvalue weighted by atomic mass is 9.87. The number of hydrogen-bond donors (Lipinski definition) is 1. The molecule has 3 rings (SSSR count). The summed E-state index contributed by atoms with van der Waals surface area (Å²) >= 11 is 3.58. The highest BCUT2D eigenvalue weighted by atomic mass is 79.9. The summed E-state index contributed by atoms with van der Waals surface area (Å²) in [6.07, 6.45) is 0. The number of aryl methyl sites for hydroxylation is 1. The molecule has 25 heavy (non-hydrogen) atoms. The van der Waals surface area contributed by atoms with E-state index in [1.807, 2.05) is 37.3 Å². The summed E-state index contributed by atoms with van der Waals surface area (Å²) in [4.78, 5) is 12.8. The summed E-state index contributed by atoms with van der Waals surface area (Å²) in [5, 5.41) is 5.28. The Labute approximate surface area is 157 Å². The van der Waals surface area contributed by atoms with Crippen LogP contribution < -0.4 is 5.32 Å². The predicted octanol–water partition coefficient (Wildman–Crippen LogP) is 6.46. The van der Waals surface area contributed by atoms with Crippen molar-refractivity contribution in [1.29, 1.82) is 0 Å².